The van der Waals surface area contributed by atoms with E-state index in [0.717, 1.165) is 5.56 Å². The first-order valence-electron chi connectivity index (χ1n) is 5.76. The fourth-order valence-electron chi connectivity index (χ4n) is 1.76. The Balaban J connectivity index is 2.52. The lowest BCUT2D eigenvalue weighted by Crippen LogP contribution is -2.10. The quantitative estimate of drug-likeness (QED) is 0.877. The van der Waals surface area contributed by atoms with Gasteiger partial charge in [0.1, 0.15) is 10.6 Å². The zero-order valence-corrected chi connectivity index (χ0v) is 12.5. The molecule has 104 valence electrons. The Morgan fingerprint density at radius 2 is 1.90 bits per heavy atom. The summed E-state index contributed by atoms with van der Waals surface area (Å²) in [5, 5.41) is 5.55. The fraction of sp³-hybridized carbons (Fsp3) is 0.143. The predicted octanol–water partition coefficient (Wildman–Crippen LogP) is 3.81. The van der Waals surface area contributed by atoms with Crippen LogP contribution in [0.1, 0.15) is 17.3 Å². The van der Waals surface area contributed by atoms with Gasteiger partial charge in [-0.25, -0.2) is 4.79 Å². The molecule has 2 rings (SSSR count). The van der Waals surface area contributed by atoms with Crippen molar-refractivity contribution in [2.75, 3.05) is 12.4 Å². The second-order valence-electron chi connectivity index (χ2n) is 4.03. The highest BCUT2D eigenvalue weighted by molar-refractivity contribution is 7.15. The van der Waals surface area contributed by atoms with Gasteiger partial charge in [-0.1, -0.05) is 23.7 Å². The van der Waals surface area contributed by atoms with Gasteiger partial charge in [0.15, 0.2) is 0 Å². The largest absolute Gasteiger partial charge is 0.465 e. The second-order valence-corrected chi connectivity index (χ2v) is 5.35. The number of thiophene rings is 1. The van der Waals surface area contributed by atoms with Crippen LogP contribution >= 0.6 is 22.9 Å². The summed E-state index contributed by atoms with van der Waals surface area (Å²) in [6.07, 6.45) is 0. The average molecular weight is 310 g/mol. The summed E-state index contributed by atoms with van der Waals surface area (Å²) in [5.74, 6) is -0.723. The number of carbonyl (C=O) groups excluding carboxylic acids is 2. The molecule has 4 nitrogen and oxygen atoms in total. The lowest BCUT2D eigenvalue weighted by Gasteiger charge is -2.06. The van der Waals surface area contributed by atoms with E-state index in [9.17, 15) is 9.59 Å². The van der Waals surface area contributed by atoms with Crippen molar-refractivity contribution in [1.29, 1.82) is 0 Å². The highest BCUT2D eigenvalue weighted by atomic mass is 35.5. The number of amides is 1. The van der Waals surface area contributed by atoms with Crippen LogP contribution < -0.4 is 5.32 Å². The molecule has 0 aliphatic rings. The van der Waals surface area contributed by atoms with Crippen LogP contribution in [0, 0.1) is 0 Å². The molecule has 6 heteroatoms. The molecule has 0 bridgehead atoms. The van der Waals surface area contributed by atoms with Crippen molar-refractivity contribution in [2.24, 2.45) is 0 Å². The maximum Gasteiger partial charge on any atom is 0.341 e. The normalized spacial score (nSPS) is 10.2. The van der Waals surface area contributed by atoms with E-state index in [2.05, 4.69) is 5.32 Å². The third-order valence-electron chi connectivity index (χ3n) is 2.63. The molecule has 1 amide bonds. The smallest absolute Gasteiger partial charge is 0.341 e. The minimum atomic E-state index is -0.486. The van der Waals surface area contributed by atoms with Crippen molar-refractivity contribution in [3.8, 4) is 11.1 Å². The number of rotatable bonds is 3. The number of hydrogen-bond donors (Lipinski definition) is 1. The number of esters is 1. The SMILES string of the molecule is COC(=O)c1c(-c2ccc(Cl)cc2)csc1NC(C)=O. The summed E-state index contributed by atoms with van der Waals surface area (Å²) in [6, 6.07) is 7.12. The Morgan fingerprint density at radius 1 is 1.25 bits per heavy atom. The number of benzene rings is 1. The van der Waals surface area contributed by atoms with Gasteiger partial charge in [-0.2, -0.15) is 0 Å². The Morgan fingerprint density at radius 3 is 2.45 bits per heavy atom. The molecule has 0 fully saturated rings. The van der Waals surface area contributed by atoms with Crippen LogP contribution in [0.3, 0.4) is 0 Å². The first-order chi connectivity index (χ1) is 9.52. The number of ether oxygens (including phenoxy) is 1. The minimum Gasteiger partial charge on any atom is -0.465 e. The molecule has 1 heterocycles. The molecule has 0 unspecified atom stereocenters. The fourth-order valence-corrected chi connectivity index (χ4v) is 2.89. The lowest BCUT2D eigenvalue weighted by molar-refractivity contribution is -0.114. The van der Waals surface area contributed by atoms with E-state index in [1.54, 1.807) is 17.5 Å². The Hall–Kier alpha value is -1.85. The van der Waals surface area contributed by atoms with Gasteiger partial charge < -0.3 is 10.1 Å². The number of methoxy groups -OCH3 is 1. The topological polar surface area (TPSA) is 55.4 Å². The van der Waals surface area contributed by atoms with E-state index < -0.39 is 5.97 Å². The van der Waals surface area contributed by atoms with E-state index in [1.807, 2.05) is 12.1 Å². The summed E-state index contributed by atoms with van der Waals surface area (Å²) in [5.41, 5.74) is 1.90. The Labute approximate surface area is 125 Å². The third kappa shape index (κ3) is 3.00. The van der Waals surface area contributed by atoms with E-state index in [4.69, 9.17) is 16.3 Å². The molecule has 0 aliphatic heterocycles. The highest BCUT2D eigenvalue weighted by Gasteiger charge is 2.21. The van der Waals surface area contributed by atoms with E-state index in [1.165, 1.54) is 25.4 Å². The summed E-state index contributed by atoms with van der Waals surface area (Å²) in [6.45, 7) is 1.39. The molecule has 1 aromatic carbocycles. The maximum atomic E-state index is 11.9. The number of halogens is 1. The molecule has 0 spiro atoms. The first kappa shape index (κ1) is 14.6. The van der Waals surface area contributed by atoms with Crippen LogP contribution in [0.15, 0.2) is 29.6 Å². The van der Waals surface area contributed by atoms with Gasteiger partial charge in [0.25, 0.3) is 0 Å². The minimum absolute atomic E-state index is 0.236. The number of anilines is 1. The predicted molar refractivity (Wildman–Crippen MR) is 80.4 cm³/mol. The van der Waals surface area contributed by atoms with Gasteiger partial charge in [0.05, 0.1) is 7.11 Å². The molecule has 1 aromatic heterocycles. The molecular formula is C14H12ClNO3S. The highest BCUT2D eigenvalue weighted by Crippen LogP contribution is 2.36. The van der Waals surface area contributed by atoms with Crippen molar-refractivity contribution in [3.05, 3.63) is 40.2 Å². The van der Waals surface area contributed by atoms with Crippen LogP contribution in [0.5, 0.6) is 0 Å². The van der Waals surface area contributed by atoms with Crippen LogP contribution in [0.2, 0.25) is 5.02 Å². The monoisotopic (exact) mass is 309 g/mol. The van der Waals surface area contributed by atoms with E-state index in [0.29, 0.717) is 21.2 Å². The van der Waals surface area contributed by atoms with Gasteiger partial charge in [-0.05, 0) is 17.7 Å². The van der Waals surface area contributed by atoms with Crippen LogP contribution in [-0.2, 0) is 9.53 Å². The zero-order chi connectivity index (χ0) is 14.7. The molecule has 0 saturated carbocycles. The van der Waals surface area contributed by atoms with E-state index in [-0.39, 0.29) is 5.91 Å². The first-order valence-corrected chi connectivity index (χ1v) is 7.02. The van der Waals surface area contributed by atoms with Crippen molar-refractivity contribution in [3.63, 3.8) is 0 Å². The van der Waals surface area contributed by atoms with Crippen molar-refractivity contribution in [1.82, 2.24) is 0 Å². The van der Waals surface area contributed by atoms with Gasteiger partial charge in [-0.15, -0.1) is 11.3 Å². The zero-order valence-electron chi connectivity index (χ0n) is 10.9. The molecular weight excluding hydrogens is 298 g/mol. The molecule has 1 N–H and O–H groups in total. The summed E-state index contributed by atoms with van der Waals surface area (Å²) in [7, 11) is 1.31. The van der Waals surface area contributed by atoms with Crippen LogP contribution in [0.4, 0.5) is 5.00 Å². The van der Waals surface area contributed by atoms with Crippen molar-refractivity contribution >= 4 is 39.8 Å². The molecule has 0 atom stereocenters. The Bertz CT molecular complexity index is 649. The maximum absolute atomic E-state index is 11.9. The van der Waals surface area contributed by atoms with Gasteiger partial charge >= 0.3 is 5.97 Å². The lowest BCUT2D eigenvalue weighted by atomic mass is 10.0. The van der Waals surface area contributed by atoms with Crippen molar-refractivity contribution < 1.29 is 14.3 Å². The Kier molecular flexibility index (Phi) is 4.42. The number of carbonyl (C=O) groups is 2. The third-order valence-corrected chi connectivity index (χ3v) is 3.77. The van der Waals surface area contributed by atoms with Gasteiger partial charge in [-0.3, -0.25) is 4.79 Å². The van der Waals surface area contributed by atoms with Gasteiger partial charge in [0, 0.05) is 22.9 Å². The average Bonchev–Trinajstić information content (AvgIpc) is 2.81. The number of nitrogens with one attached hydrogen (secondary N) is 1. The van der Waals surface area contributed by atoms with Gasteiger partial charge in [0.2, 0.25) is 5.91 Å². The van der Waals surface area contributed by atoms with Crippen LogP contribution in [-0.4, -0.2) is 19.0 Å². The molecule has 0 radical (unpaired) electrons. The van der Waals surface area contributed by atoms with E-state index >= 15 is 0 Å². The summed E-state index contributed by atoms with van der Waals surface area (Å²) < 4.78 is 4.79. The molecule has 0 saturated heterocycles. The second kappa shape index (κ2) is 6.07. The standard InChI is InChI=1S/C14H12ClNO3S/c1-8(17)16-13-12(14(18)19-2)11(7-20-13)9-3-5-10(15)6-4-9/h3-7H,1-2H3,(H,16,17). The summed E-state index contributed by atoms with van der Waals surface area (Å²) in [4.78, 5) is 23.1. The summed E-state index contributed by atoms with van der Waals surface area (Å²) >= 11 is 7.14. The number of hydrogen-bond acceptors (Lipinski definition) is 4. The molecule has 0 aliphatic carbocycles. The molecule has 2 aromatic rings. The van der Waals surface area contributed by atoms with Crippen molar-refractivity contribution in [2.45, 2.75) is 6.92 Å². The molecule has 20 heavy (non-hydrogen) atoms. The van der Waals surface area contributed by atoms with Crippen LogP contribution in [0.25, 0.3) is 11.1 Å².